The monoisotopic (exact) mass is 519 g/mol. The molecule has 8 nitrogen and oxygen atoms in total. The Hall–Kier alpha value is -0.270. The Morgan fingerprint density at radius 3 is 2.19 bits per heavy atom. The van der Waals surface area contributed by atoms with Crippen LogP contribution in [0.3, 0.4) is 0 Å². The number of piperazine rings is 1. The van der Waals surface area contributed by atoms with Crippen molar-refractivity contribution in [1.29, 1.82) is 0 Å². The van der Waals surface area contributed by atoms with Crippen LogP contribution in [-0.4, -0.2) is 104 Å². The minimum Gasteiger partial charge on any atom is -0.357 e. The first-order valence-electron chi connectivity index (χ1n) is 8.78. The molecule has 0 saturated carbocycles. The Morgan fingerprint density at radius 2 is 1.65 bits per heavy atom. The van der Waals surface area contributed by atoms with Crippen molar-refractivity contribution in [1.82, 2.24) is 19.4 Å². The lowest BCUT2D eigenvalue weighted by molar-refractivity contribution is -0.130. The van der Waals surface area contributed by atoms with Gasteiger partial charge in [0.1, 0.15) is 0 Å². The number of hydrogen-bond acceptors (Lipinski definition) is 5. The number of halogens is 1. The summed E-state index contributed by atoms with van der Waals surface area (Å²) in [4.78, 5) is 19.8. The maximum absolute atomic E-state index is 12.4. The summed E-state index contributed by atoms with van der Waals surface area (Å²) in [5, 5.41) is 3.22. The van der Waals surface area contributed by atoms with Crippen LogP contribution >= 0.6 is 35.7 Å². The van der Waals surface area contributed by atoms with Crippen molar-refractivity contribution in [3.05, 3.63) is 0 Å². The van der Waals surface area contributed by atoms with E-state index in [0.717, 1.165) is 24.0 Å². The van der Waals surface area contributed by atoms with Crippen LogP contribution in [0, 0.1) is 0 Å². The van der Waals surface area contributed by atoms with E-state index >= 15 is 0 Å². The maximum atomic E-state index is 12.4. The van der Waals surface area contributed by atoms with Gasteiger partial charge in [0.05, 0.1) is 12.3 Å². The number of rotatable bonds is 5. The van der Waals surface area contributed by atoms with Gasteiger partial charge in [0, 0.05) is 64.2 Å². The Bertz CT molecular complexity index is 574. The molecule has 0 radical (unpaired) electrons. The van der Waals surface area contributed by atoms with Crippen molar-refractivity contribution in [3.8, 4) is 0 Å². The molecule has 0 aliphatic carbocycles. The van der Waals surface area contributed by atoms with Crippen LogP contribution in [0.5, 0.6) is 0 Å². The molecule has 0 aromatic rings. The average Bonchev–Trinajstić information content (AvgIpc) is 2.62. The van der Waals surface area contributed by atoms with Crippen molar-refractivity contribution in [2.75, 3.05) is 69.6 Å². The molecule has 2 saturated heterocycles. The van der Waals surface area contributed by atoms with Gasteiger partial charge in [0.15, 0.2) is 5.96 Å². The average molecular weight is 519 g/mol. The predicted molar refractivity (Wildman–Crippen MR) is 118 cm³/mol. The normalized spacial score (nSPS) is 19.8. The Morgan fingerprint density at radius 1 is 1.08 bits per heavy atom. The third-order valence-corrected chi connectivity index (χ3v) is 7.13. The fraction of sp³-hybridized carbons (Fsp3) is 0.867. The number of nitrogens with zero attached hydrogens (tertiary/aromatic N) is 4. The molecule has 0 spiro atoms. The minimum atomic E-state index is -3.23. The zero-order valence-electron chi connectivity index (χ0n) is 15.5. The fourth-order valence-electron chi connectivity index (χ4n) is 2.88. The van der Waals surface area contributed by atoms with Crippen molar-refractivity contribution >= 4 is 57.6 Å². The molecule has 152 valence electrons. The van der Waals surface area contributed by atoms with E-state index < -0.39 is 10.0 Å². The summed E-state index contributed by atoms with van der Waals surface area (Å²) in [6, 6.07) is 0. The van der Waals surface area contributed by atoms with Gasteiger partial charge in [-0.1, -0.05) is 0 Å². The summed E-state index contributed by atoms with van der Waals surface area (Å²) in [7, 11) is -3.23. The number of carbonyl (C=O) groups is 1. The zero-order valence-corrected chi connectivity index (χ0v) is 19.5. The van der Waals surface area contributed by atoms with Crippen LogP contribution in [0.1, 0.15) is 13.8 Å². The quantitative estimate of drug-likeness (QED) is 0.316. The van der Waals surface area contributed by atoms with Crippen LogP contribution < -0.4 is 5.32 Å². The minimum absolute atomic E-state index is 0. The molecular formula is C15H30IN5O3S2. The smallest absolute Gasteiger partial charge is 0.219 e. The second-order valence-corrected chi connectivity index (χ2v) is 9.37. The topological polar surface area (TPSA) is 85.3 Å². The molecule has 2 aliphatic rings. The number of sulfonamides is 1. The molecule has 2 heterocycles. The van der Waals surface area contributed by atoms with E-state index in [1.807, 2.05) is 11.8 Å². The number of aliphatic imine (C=N–C) groups is 1. The van der Waals surface area contributed by atoms with E-state index in [2.05, 4.69) is 15.2 Å². The predicted octanol–water partition coefficient (Wildman–Crippen LogP) is 0.113. The summed E-state index contributed by atoms with van der Waals surface area (Å²) in [6.07, 6.45) is 0. The van der Waals surface area contributed by atoms with Gasteiger partial charge < -0.3 is 15.1 Å². The molecular weight excluding hydrogens is 489 g/mol. The highest BCUT2D eigenvalue weighted by Crippen LogP contribution is 2.13. The van der Waals surface area contributed by atoms with Crippen molar-refractivity contribution in [2.45, 2.75) is 13.8 Å². The molecule has 1 N–H and O–H groups in total. The zero-order chi connectivity index (χ0) is 18.3. The number of guanidine groups is 1. The fourth-order valence-corrected chi connectivity index (χ4v) is 5.33. The SMILES string of the molecule is CCNC(=NCCS(=O)(=O)N1CCSCC1)N1CCN(C(C)=O)CC1.I. The largest absolute Gasteiger partial charge is 0.357 e. The lowest BCUT2D eigenvalue weighted by Crippen LogP contribution is -2.53. The standard InChI is InChI=1S/C15H29N5O3S2.HI/c1-3-16-15(19-7-5-18(6-8-19)14(2)21)17-4-13-25(22,23)20-9-11-24-12-10-20;/h3-13H2,1-2H3,(H,16,17);1H. The lowest BCUT2D eigenvalue weighted by atomic mass is 10.3. The van der Waals surface area contributed by atoms with E-state index in [9.17, 15) is 13.2 Å². The molecule has 0 aromatic carbocycles. The summed E-state index contributed by atoms with van der Waals surface area (Å²) in [5.41, 5.74) is 0. The molecule has 0 bridgehead atoms. The lowest BCUT2D eigenvalue weighted by Gasteiger charge is -2.36. The number of nitrogens with one attached hydrogen (secondary N) is 1. The van der Waals surface area contributed by atoms with Gasteiger partial charge in [0.2, 0.25) is 15.9 Å². The van der Waals surface area contributed by atoms with Crippen molar-refractivity contribution in [3.63, 3.8) is 0 Å². The number of hydrogen-bond donors (Lipinski definition) is 1. The molecule has 0 aromatic heterocycles. The Kier molecular flexibility index (Phi) is 10.6. The van der Waals surface area contributed by atoms with Crippen LogP contribution in [0.2, 0.25) is 0 Å². The third kappa shape index (κ3) is 7.04. The summed E-state index contributed by atoms with van der Waals surface area (Å²) in [6.45, 7) is 8.51. The van der Waals surface area contributed by atoms with Gasteiger partial charge in [-0.25, -0.2) is 12.7 Å². The summed E-state index contributed by atoms with van der Waals surface area (Å²) in [5.74, 6) is 2.60. The van der Waals surface area contributed by atoms with E-state index in [-0.39, 0.29) is 42.2 Å². The highest BCUT2D eigenvalue weighted by atomic mass is 127. The van der Waals surface area contributed by atoms with Gasteiger partial charge in [-0.2, -0.15) is 11.8 Å². The highest BCUT2D eigenvalue weighted by Gasteiger charge is 2.24. The van der Waals surface area contributed by atoms with E-state index in [1.54, 1.807) is 23.0 Å². The molecule has 2 aliphatic heterocycles. The van der Waals surface area contributed by atoms with Gasteiger partial charge in [0.25, 0.3) is 0 Å². The Labute approximate surface area is 178 Å². The van der Waals surface area contributed by atoms with Crippen LogP contribution in [-0.2, 0) is 14.8 Å². The molecule has 0 atom stereocenters. The van der Waals surface area contributed by atoms with Crippen molar-refractivity contribution in [2.24, 2.45) is 4.99 Å². The van der Waals surface area contributed by atoms with Gasteiger partial charge in [-0.15, -0.1) is 24.0 Å². The Balaban J connectivity index is 0.00000338. The first-order chi connectivity index (χ1) is 11.9. The van der Waals surface area contributed by atoms with E-state index in [1.165, 1.54) is 0 Å². The molecule has 2 rings (SSSR count). The third-order valence-electron chi connectivity index (χ3n) is 4.33. The summed E-state index contributed by atoms with van der Waals surface area (Å²) >= 11 is 1.79. The second-order valence-electron chi connectivity index (χ2n) is 6.06. The number of amides is 1. The van der Waals surface area contributed by atoms with Gasteiger partial charge in [-0.3, -0.25) is 9.79 Å². The van der Waals surface area contributed by atoms with Crippen LogP contribution in [0.15, 0.2) is 4.99 Å². The number of carbonyl (C=O) groups excluding carboxylic acids is 1. The van der Waals surface area contributed by atoms with E-state index in [4.69, 9.17) is 0 Å². The first kappa shape index (κ1) is 23.8. The first-order valence-corrected chi connectivity index (χ1v) is 11.5. The van der Waals surface area contributed by atoms with Crippen LogP contribution in [0.25, 0.3) is 0 Å². The van der Waals surface area contributed by atoms with Gasteiger partial charge in [-0.05, 0) is 6.92 Å². The van der Waals surface area contributed by atoms with Gasteiger partial charge >= 0.3 is 0 Å². The molecule has 1 amide bonds. The molecule has 2 fully saturated rings. The molecule has 0 unspecified atom stereocenters. The van der Waals surface area contributed by atoms with E-state index in [0.29, 0.717) is 39.3 Å². The second kappa shape index (κ2) is 11.5. The van der Waals surface area contributed by atoms with Crippen molar-refractivity contribution < 1.29 is 13.2 Å². The van der Waals surface area contributed by atoms with Crippen LogP contribution in [0.4, 0.5) is 0 Å². The number of thioether (sulfide) groups is 1. The summed E-state index contributed by atoms with van der Waals surface area (Å²) < 4.78 is 26.4. The molecule has 26 heavy (non-hydrogen) atoms. The highest BCUT2D eigenvalue weighted by molar-refractivity contribution is 14.0. The maximum Gasteiger partial charge on any atom is 0.219 e. The molecule has 11 heteroatoms.